The number of benzene rings is 2. The molecule has 0 unspecified atom stereocenters. The van der Waals surface area contributed by atoms with Crippen LogP contribution in [0, 0.1) is 0 Å². The zero-order valence-electron chi connectivity index (χ0n) is 18.8. The summed E-state index contributed by atoms with van der Waals surface area (Å²) >= 11 is 0. The number of nitrogens with two attached hydrogens (primary N) is 2. The number of carbonyl (C=O) groups is 1. The Labute approximate surface area is 194 Å². The van der Waals surface area contributed by atoms with E-state index in [9.17, 15) is 4.79 Å². The van der Waals surface area contributed by atoms with Crippen LogP contribution in [0.4, 0.5) is 6.01 Å². The fourth-order valence-electron chi connectivity index (χ4n) is 4.32. The molecule has 0 bridgehead atoms. The standard InChI is InChI=1S/C24H23N7O3/c1-24(2,22(25)32)31-12-15(11-27-31)14-9-17-20-19(10-14)33-7-3-6-30(20)21(28-17)13-4-5-18-16(8-13)29-23(26)34-18/h4-5,8-12H,3,6-7H2,1-2H3,(H2,25,32)(H2,26,29). The summed E-state index contributed by atoms with van der Waals surface area (Å²) in [7, 11) is 0. The number of primary amides is 1. The number of rotatable bonds is 4. The molecule has 4 heterocycles. The Hall–Kier alpha value is -4.34. The summed E-state index contributed by atoms with van der Waals surface area (Å²) in [5, 5.41) is 4.38. The minimum atomic E-state index is -0.942. The lowest BCUT2D eigenvalue weighted by Crippen LogP contribution is -2.41. The number of ether oxygens (including phenoxy) is 1. The third-order valence-corrected chi connectivity index (χ3v) is 6.34. The summed E-state index contributed by atoms with van der Waals surface area (Å²) < 4.78 is 15.3. The molecule has 0 atom stereocenters. The highest BCUT2D eigenvalue weighted by molar-refractivity contribution is 5.92. The molecule has 1 aliphatic heterocycles. The molecule has 0 aliphatic carbocycles. The van der Waals surface area contributed by atoms with Gasteiger partial charge in [-0.05, 0) is 56.2 Å². The highest BCUT2D eigenvalue weighted by Gasteiger charge is 2.28. The van der Waals surface area contributed by atoms with Crippen LogP contribution in [0.1, 0.15) is 20.3 Å². The van der Waals surface area contributed by atoms with Crippen LogP contribution in [-0.4, -0.2) is 36.8 Å². The van der Waals surface area contributed by atoms with E-state index < -0.39 is 11.4 Å². The normalized spacial score (nSPS) is 13.8. The number of hydrogen-bond acceptors (Lipinski definition) is 7. The molecule has 0 saturated carbocycles. The quantitative estimate of drug-likeness (QED) is 0.422. The van der Waals surface area contributed by atoms with Crippen molar-refractivity contribution in [3.8, 4) is 28.3 Å². The number of hydrogen-bond donors (Lipinski definition) is 2. The van der Waals surface area contributed by atoms with Gasteiger partial charge >= 0.3 is 0 Å². The monoisotopic (exact) mass is 457 g/mol. The molecule has 2 aromatic carbocycles. The molecule has 3 aromatic heterocycles. The molecule has 10 heteroatoms. The third-order valence-electron chi connectivity index (χ3n) is 6.34. The topological polar surface area (TPSA) is 140 Å². The van der Waals surface area contributed by atoms with Gasteiger partial charge in [0, 0.05) is 23.9 Å². The van der Waals surface area contributed by atoms with Gasteiger partial charge in [0.2, 0.25) is 5.91 Å². The highest BCUT2D eigenvalue weighted by atomic mass is 16.5. The summed E-state index contributed by atoms with van der Waals surface area (Å²) in [6, 6.07) is 9.89. The lowest BCUT2D eigenvalue weighted by atomic mass is 10.1. The maximum absolute atomic E-state index is 11.9. The zero-order valence-corrected chi connectivity index (χ0v) is 18.8. The van der Waals surface area contributed by atoms with Gasteiger partial charge in [-0.25, -0.2) is 4.98 Å². The van der Waals surface area contributed by atoms with E-state index in [1.807, 2.05) is 36.5 Å². The SMILES string of the molecule is CC(C)(C(N)=O)n1cc(-c2cc3c4c(c2)nc(-c2ccc5oc(N)nc5c2)n4CCCO3)cn1. The summed E-state index contributed by atoms with van der Waals surface area (Å²) in [6.45, 7) is 4.85. The third kappa shape index (κ3) is 3.02. The Morgan fingerprint density at radius 3 is 2.74 bits per heavy atom. The van der Waals surface area contributed by atoms with Gasteiger partial charge in [0.1, 0.15) is 28.1 Å². The van der Waals surface area contributed by atoms with Gasteiger partial charge < -0.3 is 25.2 Å². The minimum Gasteiger partial charge on any atom is -0.491 e. The summed E-state index contributed by atoms with van der Waals surface area (Å²) in [4.78, 5) is 21.1. The minimum absolute atomic E-state index is 0.138. The Kier molecular flexibility index (Phi) is 4.22. The van der Waals surface area contributed by atoms with Crippen LogP contribution in [0.25, 0.3) is 44.6 Å². The first-order chi connectivity index (χ1) is 16.3. The van der Waals surface area contributed by atoms with Crippen molar-refractivity contribution < 1.29 is 13.9 Å². The molecule has 6 rings (SSSR count). The van der Waals surface area contributed by atoms with E-state index in [1.54, 1.807) is 24.7 Å². The van der Waals surface area contributed by atoms with Crippen molar-refractivity contribution >= 4 is 34.1 Å². The fourth-order valence-corrected chi connectivity index (χ4v) is 4.32. The van der Waals surface area contributed by atoms with Crippen molar-refractivity contribution in [3.63, 3.8) is 0 Å². The van der Waals surface area contributed by atoms with Gasteiger partial charge in [-0.2, -0.15) is 10.1 Å². The van der Waals surface area contributed by atoms with Gasteiger partial charge in [0.05, 0.1) is 18.3 Å². The van der Waals surface area contributed by atoms with E-state index in [0.29, 0.717) is 17.7 Å². The molecule has 5 aromatic rings. The van der Waals surface area contributed by atoms with Crippen LogP contribution in [-0.2, 0) is 16.9 Å². The molecule has 34 heavy (non-hydrogen) atoms. The average Bonchev–Trinajstić information content (AvgIpc) is 3.48. The number of nitrogen functional groups attached to an aromatic ring is 1. The van der Waals surface area contributed by atoms with Gasteiger partial charge in [0.15, 0.2) is 5.58 Å². The summed E-state index contributed by atoms with van der Waals surface area (Å²) in [6.07, 6.45) is 4.39. The van der Waals surface area contributed by atoms with Crippen LogP contribution < -0.4 is 16.2 Å². The maximum atomic E-state index is 11.9. The van der Waals surface area contributed by atoms with E-state index >= 15 is 0 Å². The number of imidazole rings is 1. The zero-order chi connectivity index (χ0) is 23.6. The molecule has 4 N–H and O–H groups in total. The van der Waals surface area contributed by atoms with Crippen LogP contribution >= 0.6 is 0 Å². The van der Waals surface area contributed by atoms with Gasteiger partial charge in [0.25, 0.3) is 6.01 Å². The number of amides is 1. The number of anilines is 1. The predicted octanol–water partition coefficient (Wildman–Crippen LogP) is 3.29. The molecule has 1 aliphatic rings. The lowest BCUT2D eigenvalue weighted by molar-refractivity contribution is -0.125. The first-order valence-electron chi connectivity index (χ1n) is 11.0. The number of aryl methyl sites for hydroxylation is 1. The number of oxazole rings is 1. The van der Waals surface area contributed by atoms with Gasteiger partial charge in [-0.15, -0.1) is 0 Å². The van der Waals surface area contributed by atoms with Crippen molar-refractivity contribution in [2.45, 2.75) is 32.4 Å². The molecule has 10 nitrogen and oxygen atoms in total. The number of nitrogens with zero attached hydrogens (tertiary/aromatic N) is 5. The molecule has 0 spiro atoms. The maximum Gasteiger partial charge on any atom is 0.292 e. The average molecular weight is 457 g/mol. The van der Waals surface area contributed by atoms with Crippen molar-refractivity contribution in [2.75, 3.05) is 12.3 Å². The second-order valence-corrected chi connectivity index (χ2v) is 8.96. The molecule has 172 valence electrons. The molecule has 0 saturated heterocycles. The Morgan fingerprint density at radius 1 is 1.09 bits per heavy atom. The van der Waals surface area contributed by atoms with Crippen molar-refractivity contribution in [2.24, 2.45) is 5.73 Å². The van der Waals surface area contributed by atoms with E-state index in [1.165, 1.54) is 0 Å². The van der Waals surface area contributed by atoms with Crippen molar-refractivity contribution in [1.82, 2.24) is 24.3 Å². The highest BCUT2D eigenvalue weighted by Crippen LogP contribution is 2.38. The van der Waals surface area contributed by atoms with E-state index in [-0.39, 0.29) is 6.01 Å². The van der Waals surface area contributed by atoms with Gasteiger partial charge in [-0.1, -0.05) is 0 Å². The lowest BCUT2D eigenvalue weighted by Gasteiger charge is -2.20. The number of fused-ring (bicyclic) bond motifs is 1. The van der Waals surface area contributed by atoms with Crippen molar-refractivity contribution in [3.05, 3.63) is 42.7 Å². The van der Waals surface area contributed by atoms with Crippen LogP contribution in [0.5, 0.6) is 5.75 Å². The fraction of sp³-hybridized carbons (Fsp3) is 0.250. The molecule has 1 amide bonds. The van der Waals surface area contributed by atoms with Gasteiger partial charge in [-0.3, -0.25) is 9.48 Å². The van der Waals surface area contributed by atoms with E-state index in [2.05, 4.69) is 14.6 Å². The Balaban J connectivity index is 1.50. The van der Waals surface area contributed by atoms with E-state index in [0.717, 1.165) is 52.3 Å². The predicted molar refractivity (Wildman–Crippen MR) is 127 cm³/mol. The molecule has 0 radical (unpaired) electrons. The van der Waals surface area contributed by atoms with Crippen LogP contribution in [0.15, 0.2) is 47.1 Å². The summed E-state index contributed by atoms with van der Waals surface area (Å²) in [5.41, 5.74) is 16.1. The van der Waals surface area contributed by atoms with E-state index in [4.69, 9.17) is 25.6 Å². The molecular formula is C24H23N7O3. The Morgan fingerprint density at radius 2 is 1.91 bits per heavy atom. The number of carbonyl (C=O) groups excluding carboxylic acids is 1. The van der Waals surface area contributed by atoms with Crippen molar-refractivity contribution in [1.29, 1.82) is 0 Å². The first kappa shape index (κ1) is 20.3. The first-order valence-corrected chi connectivity index (χ1v) is 11.0. The molecular weight excluding hydrogens is 434 g/mol. The second-order valence-electron chi connectivity index (χ2n) is 8.96. The molecule has 0 fully saturated rings. The summed E-state index contributed by atoms with van der Waals surface area (Å²) in [5.74, 6) is 1.13. The number of aromatic nitrogens is 5. The Bertz CT molecular complexity index is 1590. The smallest absolute Gasteiger partial charge is 0.292 e. The largest absolute Gasteiger partial charge is 0.491 e. The van der Waals surface area contributed by atoms with Crippen LogP contribution in [0.2, 0.25) is 0 Å². The second kappa shape index (κ2) is 7.08. The van der Waals surface area contributed by atoms with Crippen LogP contribution in [0.3, 0.4) is 0 Å².